The Morgan fingerprint density at radius 1 is 1.35 bits per heavy atom. The van der Waals surface area contributed by atoms with E-state index in [1.54, 1.807) is 12.1 Å². The molecular formula is C11H12F3N3. The first kappa shape index (κ1) is 11.9. The van der Waals surface area contributed by atoms with Gasteiger partial charge in [0, 0.05) is 12.4 Å². The van der Waals surface area contributed by atoms with Crippen LogP contribution in [0.25, 0.3) is 10.9 Å². The Morgan fingerprint density at radius 2 is 2.06 bits per heavy atom. The van der Waals surface area contributed by atoms with Crippen molar-refractivity contribution in [2.45, 2.75) is 12.6 Å². The zero-order valence-corrected chi connectivity index (χ0v) is 9.25. The van der Waals surface area contributed by atoms with Gasteiger partial charge < -0.3 is 5.73 Å². The number of fused-ring (bicyclic) bond motifs is 1. The maximum atomic E-state index is 12.7. The lowest BCUT2D eigenvalue weighted by Gasteiger charge is -2.02. The highest BCUT2D eigenvalue weighted by molar-refractivity contribution is 5.83. The van der Waals surface area contributed by atoms with E-state index < -0.39 is 11.9 Å². The van der Waals surface area contributed by atoms with E-state index in [2.05, 4.69) is 5.10 Å². The third-order valence-corrected chi connectivity index (χ3v) is 2.62. The van der Waals surface area contributed by atoms with Gasteiger partial charge in [-0.3, -0.25) is 4.68 Å². The topological polar surface area (TPSA) is 43.8 Å². The summed E-state index contributed by atoms with van der Waals surface area (Å²) < 4.78 is 39.3. The molecule has 1 aromatic carbocycles. The lowest BCUT2D eigenvalue weighted by atomic mass is 10.1. The molecule has 0 spiro atoms. The van der Waals surface area contributed by atoms with Crippen LogP contribution >= 0.6 is 0 Å². The molecule has 2 aromatic rings. The van der Waals surface area contributed by atoms with E-state index >= 15 is 0 Å². The van der Waals surface area contributed by atoms with Crippen molar-refractivity contribution in [1.29, 1.82) is 0 Å². The predicted octanol–water partition coefficient (Wildman–Crippen LogP) is 2.09. The van der Waals surface area contributed by atoms with E-state index in [0.717, 1.165) is 5.56 Å². The van der Waals surface area contributed by atoms with Crippen LogP contribution < -0.4 is 5.73 Å². The van der Waals surface area contributed by atoms with Gasteiger partial charge in [0.05, 0.1) is 5.52 Å². The number of aryl methyl sites for hydroxylation is 1. The van der Waals surface area contributed by atoms with Crippen LogP contribution in [0.4, 0.5) is 13.2 Å². The summed E-state index contributed by atoms with van der Waals surface area (Å²) in [6.07, 6.45) is -3.78. The van der Waals surface area contributed by atoms with Crippen LogP contribution in [0.1, 0.15) is 11.3 Å². The monoisotopic (exact) mass is 243 g/mol. The highest BCUT2D eigenvalue weighted by Gasteiger charge is 2.36. The van der Waals surface area contributed by atoms with Crippen molar-refractivity contribution in [3.05, 3.63) is 29.5 Å². The van der Waals surface area contributed by atoms with Crippen LogP contribution in [0.5, 0.6) is 0 Å². The van der Waals surface area contributed by atoms with Crippen molar-refractivity contribution in [3.8, 4) is 0 Å². The zero-order chi connectivity index (χ0) is 12.6. The van der Waals surface area contributed by atoms with Gasteiger partial charge in [-0.2, -0.15) is 18.3 Å². The summed E-state index contributed by atoms with van der Waals surface area (Å²) in [6.45, 7) is 0.468. The van der Waals surface area contributed by atoms with Crippen LogP contribution in [0.2, 0.25) is 0 Å². The second-order valence-corrected chi connectivity index (χ2v) is 3.86. The molecule has 92 valence electrons. The van der Waals surface area contributed by atoms with Crippen molar-refractivity contribution in [2.24, 2.45) is 12.8 Å². The molecule has 3 nitrogen and oxygen atoms in total. The van der Waals surface area contributed by atoms with Crippen molar-refractivity contribution >= 4 is 10.9 Å². The quantitative estimate of drug-likeness (QED) is 0.877. The number of hydrogen-bond donors (Lipinski definition) is 1. The maximum absolute atomic E-state index is 12.7. The molecule has 1 heterocycles. The normalized spacial score (nSPS) is 12.3. The average Bonchev–Trinajstić information content (AvgIpc) is 2.56. The molecule has 0 aliphatic heterocycles. The van der Waals surface area contributed by atoms with E-state index in [1.165, 1.54) is 17.8 Å². The Kier molecular flexibility index (Phi) is 2.82. The van der Waals surface area contributed by atoms with Crippen LogP contribution in [0.15, 0.2) is 18.2 Å². The number of nitrogens with two attached hydrogens (primary N) is 1. The number of halogens is 3. The maximum Gasteiger partial charge on any atom is 0.435 e. The number of alkyl halides is 3. The number of aromatic nitrogens is 2. The highest BCUT2D eigenvalue weighted by Crippen LogP contribution is 2.33. The number of benzene rings is 1. The van der Waals surface area contributed by atoms with Gasteiger partial charge in [0.25, 0.3) is 0 Å². The lowest BCUT2D eigenvalue weighted by Crippen LogP contribution is -2.07. The molecule has 0 aliphatic rings. The van der Waals surface area contributed by atoms with Crippen molar-refractivity contribution in [2.75, 3.05) is 6.54 Å². The first-order valence-corrected chi connectivity index (χ1v) is 5.16. The Balaban J connectivity index is 2.61. The lowest BCUT2D eigenvalue weighted by molar-refractivity contribution is -0.140. The molecule has 2 N–H and O–H groups in total. The van der Waals surface area contributed by atoms with Crippen LogP contribution in [0.3, 0.4) is 0 Å². The van der Waals surface area contributed by atoms with E-state index in [1.807, 2.05) is 0 Å². The smallest absolute Gasteiger partial charge is 0.330 e. The summed E-state index contributed by atoms with van der Waals surface area (Å²) in [5.41, 5.74) is 5.96. The van der Waals surface area contributed by atoms with Gasteiger partial charge in [-0.1, -0.05) is 12.1 Å². The molecule has 1 aromatic heterocycles. The SMILES string of the molecule is Cn1nc(C(F)(F)F)c2ccc(CCN)cc21. The molecule has 17 heavy (non-hydrogen) atoms. The summed E-state index contributed by atoms with van der Waals surface area (Å²) in [5, 5.41) is 3.65. The second kappa shape index (κ2) is 4.03. The molecule has 0 unspecified atom stereocenters. The Hall–Kier alpha value is -1.56. The minimum absolute atomic E-state index is 0.126. The summed E-state index contributed by atoms with van der Waals surface area (Å²) >= 11 is 0. The Bertz CT molecular complexity index is 543. The summed E-state index contributed by atoms with van der Waals surface area (Å²) in [6, 6.07) is 4.81. The standard InChI is InChI=1S/C11H12F3N3/c1-17-9-6-7(4-5-15)2-3-8(9)10(16-17)11(12,13)14/h2-3,6H,4-5,15H2,1H3. The molecule has 6 heteroatoms. The van der Waals surface area contributed by atoms with Gasteiger partial charge in [-0.25, -0.2) is 0 Å². The van der Waals surface area contributed by atoms with E-state index in [9.17, 15) is 13.2 Å². The van der Waals surface area contributed by atoms with Crippen molar-refractivity contribution < 1.29 is 13.2 Å². The zero-order valence-electron chi connectivity index (χ0n) is 9.25. The molecular weight excluding hydrogens is 231 g/mol. The van der Waals surface area contributed by atoms with E-state index in [4.69, 9.17) is 5.73 Å². The minimum atomic E-state index is -4.42. The van der Waals surface area contributed by atoms with E-state index in [-0.39, 0.29) is 5.39 Å². The summed E-state index contributed by atoms with van der Waals surface area (Å²) in [5.74, 6) is 0. The molecule has 0 radical (unpaired) electrons. The third-order valence-electron chi connectivity index (χ3n) is 2.62. The first-order valence-electron chi connectivity index (χ1n) is 5.16. The van der Waals surface area contributed by atoms with Crippen LogP contribution in [-0.4, -0.2) is 16.3 Å². The predicted molar refractivity (Wildman–Crippen MR) is 58.5 cm³/mol. The summed E-state index contributed by atoms with van der Waals surface area (Å²) in [4.78, 5) is 0. The molecule has 0 saturated carbocycles. The first-order chi connectivity index (χ1) is 7.93. The van der Waals surface area contributed by atoms with Crippen molar-refractivity contribution in [1.82, 2.24) is 9.78 Å². The molecule has 0 saturated heterocycles. The molecule has 0 amide bonds. The third kappa shape index (κ3) is 2.12. The van der Waals surface area contributed by atoms with Gasteiger partial charge in [0.1, 0.15) is 0 Å². The molecule has 0 bridgehead atoms. The average molecular weight is 243 g/mol. The fraction of sp³-hybridized carbons (Fsp3) is 0.364. The second-order valence-electron chi connectivity index (χ2n) is 3.86. The van der Waals surface area contributed by atoms with Gasteiger partial charge in [0.15, 0.2) is 5.69 Å². The van der Waals surface area contributed by atoms with Gasteiger partial charge in [-0.15, -0.1) is 0 Å². The molecule has 0 atom stereocenters. The van der Waals surface area contributed by atoms with Crippen LogP contribution in [-0.2, 0) is 19.6 Å². The Morgan fingerprint density at radius 3 is 2.65 bits per heavy atom. The minimum Gasteiger partial charge on any atom is -0.330 e. The molecule has 0 aliphatic carbocycles. The fourth-order valence-corrected chi connectivity index (χ4v) is 1.83. The number of nitrogens with zero attached hydrogens (tertiary/aromatic N) is 2. The largest absolute Gasteiger partial charge is 0.435 e. The van der Waals surface area contributed by atoms with E-state index in [0.29, 0.717) is 18.5 Å². The van der Waals surface area contributed by atoms with Crippen molar-refractivity contribution in [3.63, 3.8) is 0 Å². The highest BCUT2D eigenvalue weighted by atomic mass is 19.4. The fourth-order valence-electron chi connectivity index (χ4n) is 1.83. The Labute approximate surface area is 96.0 Å². The number of hydrogen-bond acceptors (Lipinski definition) is 2. The van der Waals surface area contributed by atoms with Gasteiger partial charge in [-0.05, 0) is 24.6 Å². The molecule has 0 fully saturated rings. The number of rotatable bonds is 2. The van der Waals surface area contributed by atoms with Crippen LogP contribution in [0, 0.1) is 0 Å². The molecule has 2 rings (SSSR count). The van der Waals surface area contributed by atoms with Gasteiger partial charge in [0.2, 0.25) is 0 Å². The van der Waals surface area contributed by atoms with Gasteiger partial charge >= 0.3 is 6.18 Å². The summed E-state index contributed by atoms with van der Waals surface area (Å²) in [7, 11) is 1.50.